The van der Waals surface area contributed by atoms with Crippen molar-refractivity contribution >= 4 is 0 Å². The Morgan fingerprint density at radius 1 is 1.06 bits per heavy atom. The van der Waals surface area contributed by atoms with Crippen LogP contribution in [0.1, 0.15) is 65.2 Å². The van der Waals surface area contributed by atoms with Gasteiger partial charge in [0.1, 0.15) is 0 Å². The summed E-state index contributed by atoms with van der Waals surface area (Å²) in [5.74, 6) is -2.27. The summed E-state index contributed by atoms with van der Waals surface area (Å²) >= 11 is 0. The largest absolute Gasteiger partial charge is 0.325 e. The molecule has 0 aromatic carbocycles. The minimum atomic E-state index is -2.42. The molecular formula is C14H25F2N. The number of rotatable bonds is 2. The Hall–Kier alpha value is -0.180. The molecule has 0 bridgehead atoms. The van der Waals surface area contributed by atoms with Crippen molar-refractivity contribution in [2.45, 2.75) is 76.7 Å². The fourth-order valence-electron chi connectivity index (χ4n) is 3.42. The molecule has 2 aliphatic carbocycles. The van der Waals surface area contributed by atoms with Gasteiger partial charge in [0.2, 0.25) is 5.92 Å². The highest BCUT2D eigenvalue weighted by molar-refractivity contribution is 4.96. The van der Waals surface area contributed by atoms with Crippen molar-refractivity contribution < 1.29 is 8.78 Å². The van der Waals surface area contributed by atoms with Gasteiger partial charge in [0.05, 0.1) is 0 Å². The lowest BCUT2D eigenvalue weighted by molar-refractivity contribution is 0.00293. The minimum Gasteiger partial charge on any atom is -0.325 e. The molecule has 0 aliphatic heterocycles. The zero-order valence-corrected chi connectivity index (χ0v) is 11.1. The van der Waals surface area contributed by atoms with Crippen molar-refractivity contribution in [1.29, 1.82) is 0 Å². The predicted octanol–water partition coefficient (Wildman–Crippen LogP) is 4.11. The second-order valence-corrected chi connectivity index (χ2v) is 7.20. The molecule has 2 N–H and O–H groups in total. The van der Waals surface area contributed by atoms with Gasteiger partial charge in [-0.25, -0.2) is 8.78 Å². The van der Waals surface area contributed by atoms with Gasteiger partial charge in [-0.1, -0.05) is 13.8 Å². The Kier molecular flexibility index (Phi) is 3.26. The Morgan fingerprint density at radius 2 is 1.65 bits per heavy atom. The maximum absolute atomic E-state index is 13.2. The first kappa shape index (κ1) is 13.3. The van der Waals surface area contributed by atoms with Crippen LogP contribution in [0, 0.1) is 11.3 Å². The van der Waals surface area contributed by atoms with Crippen molar-refractivity contribution in [2.24, 2.45) is 17.1 Å². The number of hydrogen-bond donors (Lipinski definition) is 1. The molecule has 0 heterocycles. The first-order chi connectivity index (χ1) is 7.70. The molecule has 0 aromatic heterocycles. The van der Waals surface area contributed by atoms with Crippen LogP contribution in [0.3, 0.4) is 0 Å². The van der Waals surface area contributed by atoms with Crippen molar-refractivity contribution in [3.63, 3.8) is 0 Å². The smallest absolute Gasteiger partial charge is 0.248 e. The number of hydrogen-bond acceptors (Lipinski definition) is 1. The molecule has 2 rings (SSSR count). The van der Waals surface area contributed by atoms with Gasteiger partial charge in [-0.2, -0.15) is 0 Å². The van der Waals surface area contributed by atoms with Gasteiger partial charge in [-0.3, -0.25) is 0 Å². The molecule has 100 valence electrons. The Balaban J connectivity index is 1.87. The molecule has 2 fully saturated rings. The molecule has 1 unspecified atom stereocenters. The highest BCUT2D eigenvalue weighted by Gasteiger charge is 2.43. The molecule has 0 radical (unpaired) electrons. The third-order valence-corrected chi connectivity index (χ3v) is 4.80. The van der Waals surface area contributed by atoms with Gasteiger partial charge < -0.3 is 5.73 Å². The zero-order valence-electron chi connectivity index (χ0n) is 11.1. The summed E-state index contributed by atoms with van der Waals surface area (Å²) in [6.45, 7) is 4.55. The van der Waals surface area contributed by atoms with E-state index in [1.54, 1.807) is 0 Å². The molecule has 1 atom stereocenters. The molecule has 2 aliphatic rings. The molecule has 0 saturated heterocycles. The number of halogens is 2. The van der Waals surface area contributed by atoms with Crippen LogP contribution in [0.4, 0.5) is 8.78 Å². The van der Waals surface area contributed by atoms with Crippen molar-refractivity contribution in [1.82, 2.24) is 0 Å². The van der Waals surface area contributed by atoms with E-state index >= 15 is 0 Å². The van der Waals surface area contributed by atoms with Gasteiger partial charge in [-0.15, -0.1) is 0 Å². The van der Waals surface area contributed by atoms with Crippen LogP contribution in [0.5, 0.6) is 0 Å². The van der Waals surface area contributed by atoms with Gasteiger partial charge >= 0.3 is 0 Å². The molecule has 2 saturated carbocycles. The van der Waals surface area contributed by atoms with Gasteiger partial charge in [-0.05, 0) is 49.9 Å². The summed E-state index contributed by atoms with van der Waals surface area (Å²) in [6, 6.07) is 0. The lowest BCUT2D eigenvalue weighted by atomic mass is 9.67. The third-order valence-electron chi connectivity index (χ3n) is 4.80. The predicted molar refractivity (Wildman–Crippen MR) is 66.1 cm³/mol. The van der Waals surface area contributed by atoms with Crippen LogP contribution in [0.15, 0.2) is 0 Å². The van der Waals surface area contributed by atoms with Crippen LogP contribution >= 0.6 is 0 Å². The van der Waals surface area contributed by atoms with Gasteiger partial charge in [0.25, 0.3) is 0 Å². The second kappa shape index (κ2) is 4.18. The van der Waals surface area contributed by atoms with Gasteiger partial charge in [0.15, 0.2) is 0 Å². The average Bonchev–Trinajstić information content (AvgIpc) is 2.52. The SMILES string of the molecule is CC1(C)CCC(N)(CC2CCC(F)(F)C2)CC1. The van der Waals surface area contributed by atoms with Crippen molar-refractivity contribution in [2.75, 3.05) is 0 Å². The number of nitrogens with two attached hydrogens (primary N) is 1. The van der Waals surface area contributed by atoms with E-state index in [1.165, 1.54) is 0 Å². The van der Waals surface area contributed by atoms with E-state index in [9.17, 15) is 8.78 Å². The summed E-state index contributed by atoms with van der Waals surface area (Å²) in [5, 5.41) is 0. The quantitative estimate of drug-likeness (QED) is 0.778. The van der Waals surface area contributed by atoms with Crippen molar-refractivity contribution in [3.8, 4) is 0 Å². The fourth-order valence-corrected chi connectivity index (χ4v) is 3.42. The van der Waals surface area contributed by atoms with Crippen LogP contribution in [0.2, 0.25) is 0 Å². The summed E-state index contributed by atoms with van der Waals surface area (Å²) < 4.78 is 26.3. The molecule has 0 spiro atoms. The summed E-state index contributed by atoms with van der Waals surface area (Å²) in [5.41, 5.74) is 6.63. The average molecular weight is 245 g/mol. The molecule has 3 heteroatoms. The third kappa shape index (κ3) is 3.40. The molecular weight excluding hydrogens is 220 g/mol. The van der Waals surface area contributed by atoms with E-state index in [-0.39, 0.29) is 24.3 Å². The van der Waals surface area contributed by atoms with Crippen LogP contribution in [-0.2, 0) is 0 Å². The van der Waals surface area contributed by atoms with E-state index in [0.717, 1.165) is 32.1 Å². The molecule has 0 aromatic rings. The zero-order chi connectivity index (χ0) is 12.7. The number of alkyl halides is 2. The van der Waals surface area contributed by atoms with E-state index in [0.29, 0.717) is 11.8 Å². The standard InChI is InChI=1S/C14H25F2N/c1-12(2)5-7-13(17,8-6-12)9-11-3-4-14(15,16)10-11/h11H,3-10,17H2,1-2H3. The van der Waals surface area contributed by atoms with E-state index in [4.69, 9.17) is 5.73 Å². The summed E-state index contributed by atoms with van der Waals surface area (Å²) in [7, 11) is 0. The molecule has 0 amide bonds. The Labute approximate surface area is 103 Å². The lowest BCUT2D eigenvalue weighted by Gasteiger charge is -2.42. The van der Waals surface area contributed by atoms with Crippen molar-refractivity contribution in [3.05, 3.63) is 0 Å². The first-order valence-corrected chi connectivity index (χ1v) is 6.87. The fraction of sp³-hybridized carbons (Fsp3) is 1.00. The van der Waals surface area contributed by atoms with E-state index < -0.39 is 5.92 Å². The highest BCUT2D eigenvalue weighted by Crippen LogP contribution is 2.46. The Bertz CT molecular complexity index is 276. The molecule has 17 heavy (non-hydrogen) atoms. The Morgan fingerprint density at radius 3 is 2.12 bits per heavy atom. The van der Waals surface area contributed by atoms with Crippen LogP contribution in [0.25, 0.3) is 0 Å². The van der Waals surface area contributed by atoms with Gasteiger partial charge in [0, 0.05) is 18.4 Å². The summed E-state index contributed by atoms with van der Waals surface area (Å²) in [4.78, 5) is 0. The minimum absolute atomic E-state index is 0.0648. The topological polar surface area (TPSA) is 26.0 Å². The second-order valence-electron chi connectivity index (χ2n) is 7.20. The lowest BCUT2D eigenvalue weighted by Crippen LogP contribution is -2.46. The normalized spacial score (nSPS) is 34.8. The maximum atomic E-state index is 13.2. The maximum Gasteiger partial charge on any atom is 0.248 e. The summed E-state index contributed by atoms with van der Waals surface area (Å²) in [6.07, 6.45) is 5.87. The first-order valence-electron chi connectivity index (χ1n) is 6.87. The molecule has 1 nitrogen and oxygen atoms in total. The highest BCUT2D eigenvalue weighted by atomic mass is 19.3. The van der Waals surface area contributed by atoms with E-state index in [2.05, 4.69) is 13.8 Å². The monoisotopic (exact) mass is 245 g/mol. The van der Waals surface area contributed by atoms with Crippen LogP contribution < -0.4 is 5.73 Å². The van der Waals surface area contributed by atoms with Crippen LogP contribution in [-0.4, -0.2) is 11.5 Å². The van der Waals surface area contributed by atoms with E-state index in [1.807, 2.05) is 0 Å².